The zero-order chi connectivity index (χ0) is 11.1. The van der Waals surface area contributed by atoms with Gasteiger partial charge in [0.2, 0.25) is 5.91 Å². The highest BCUT2D eigenvalue weighted by molar-refractivity contribution is 7.99. The number of aromatic nitrogens is 1. The maximum atomic E-state index is 11.3. The van der Waals surface area contributed by atoms with Gasteiger partial charge in [-0.05, 0) is 26.8 Å². The second-order valence-corrected chi connectivity index (χ2v) is 4.77. The lowest BCUT2D eigenvalue weighted by molar-refractivity contribution is -0.119. The molecule has 2 atom stereocenters. The highest BCUT2D eigenvalue weighted by atomic mass is 32.2. The van der Waals surface area contributed by atoms with Crippen LogP contribution in [-0.4, -0.2) is 16.6 Å². The first-order valence-electron chi connectivity index (χ1n) is 4.79. The molecule has 0 bridgehead atoms. The molecule has 0 aliphatic heterocycles. The Bertz CT molecular complexity index is 308. The van der Waals surface area contributed by atoms with Crippen molar-refractivity contribution in [2.24, 2.45) is 0 Å². The van der Waals surface area contributed by atoms with Gasteiger partial charge in [-0.15, -0.1) is 0 Å². The Balaban J connectivity index is 2.70. The minimum absolute atomic E-state index is 0.0369. The smallest absolute Gasteiger partial charge is 0.224 e. The molecular weight excluding hydrogens is 227 g/mol. The Hall–Kier alpha value is -0.600. The van der Waals surface area contributed by atoms with Gasteiger partial charge in [0.05, 0.1) is 0 Å². The molecule has 1 aromatic heterocycles. The fourth-order valence-electron chi connectivity index (χ4n) is 1.27. The van der Waals surface area contributed by atoms with Crippen LogP contribution in [0.15, 0.2) is 24.5 Å². The van der Waals surface area contributed by atoms with Crippen LogP contribution < -0.4 is 5.09 Å². The monoisotopic (exact) mass is 242 g/mol. The summed E-state index contributed by atoms with van der Waals surface area (Å²) < 4.78 is 0. The van der Waals surface area contributed by atoms with Crippen molar-refractivity contribution in [1.82, 2.24) is 10.1 Å². The lowest BCUT2D eigenvalue weighted by atomic mass is 10.1. The Morgan fingerprint density at radius 3 is 3.07 bits per heavy atom. The fourth-order valence-corrected chi connectivity index (χ4v) is 2.39. The molecule has 0 aliphatic rings. The molecule has 1 heterocycles. The standard InChI is InChI=1S/C10H15N2OPS/c1-2-15-9(6-10(13)12-14)8-4-3-5-11-7-8/h3-5,7,9H,2,6,14H2,1H3,(H,12,13). The molecule has 1 amide bonds. The molecule has 0 saturated heterocycles. The quantitative estimate of drug-likeness (QED) is 0.805. The molecule has 3 nitrogen and oxygen atoms in total. The van der Waals surface area contributed by atoms with Gasteiger partial charge < -0.3 is 5.09 Å². The fraction of sp³-hybridized carbons (Fsp3) is 0.400. The Morgan fingerprint density at radius 2 is 2.53 bits per heavy atom. The van der Waals surface area contributed by atoms with Crippen LogP contribution >= 0.6 is 21.2 Å². The van der Waals surface area contributed by atoms with Crippen molar-refractivity contribution in [3.63, 3.8) is 0 Å². The van der Waals surface area contributed by atoms with Crippen LogP contribution in [0.3, 0.4) is 0 Å². The number of nitrogens with zero attached hydrogens (tertiary/aromatic N) is 1. The predicted octanol–water partition coefficient (Wildman–Crippen LogP) is 2.17. The highest BCUT2D eigenvalue weighted by Crippen LogP contribution is 2.31. The first-order chi connectivity index (χ1) is 7.27. The zero-order valence-electron chi connectivity index (χ0n) is 8.64. The summed E-state index contributed by atoms with van der Waals surface area (Å²) in [5.74, 6) is 1.03. The number of hydrogen-bond donors (Lipinski definition) is 1. The number of amides is 1. The van der Waals surface area contributed by atoms with E-state index in [4.69, 9.17) is 0 Å². The molecule has 2 unspecified atom stereocenters. The van der Waals surface area contributed by atoms with Crippen molar-refractivity contribution in [2.45, 2.75) is 18.6 Å². The topological polar surface area (TPSA) is 42.0 Å². The van der Waals surface area contributed by atoms with Gasteiger partial charge >= 0.3 is 0 Å². The first-order valence-corrected chi connectivity index (χ1v) is 6.41. The molecule has 1 N–H and O–H groups in total. The van der Waals surface area contributed by atoms with E-state index in [1.807, 2.05) is 18.3 Å². The summed E-state index contributed by atoms with van der Waals surface area (Å²) in [6.45, 7) is 2.09. The van der Waals surface area contributed by atoms with Gasteiger partial charge in [-0.25, -0.2) is 0 Å². The molecule has 5 heteroatoms. The SMILES string of the molecule is CCSC(CC(=O)NP)c1cccnc1. The van der Waals surface area contributed by atoms with Gasteiger partial charge in [-0.2, -0.15) is 11.8 Å². The number of rotatable bonds is 5. The third-order valence-corrected chi connectivity index (χ3v) is 3.45. The van der Waals surface area contributed by atoms with E-state index < -0.39 is 0 Å². The molecule has 0 radical (unpaired) electrons. The van der Waals surface area contributed by atoms with E-state index in [-0.39, 0.29) is 11.2 Å². The van der Waals surface area contributed by atoms with E-state index in [1.54, 1.807) is 18.0 Å². The molecule has 1 rings (SSSR count). The van der Waals surface area contributed by atoms with E-state index in [1.165, 1.54) is 0 Å². The lowest BCUT2D eigenvalue weighted by Crippen LogP contribution is -2.14. The van der Waals surface area contributed by atoms with Crippen LogP contribution in [0.1, 0.15) is 24.2 Å². The molecule has 82 valence electrons. The minimum atomic E-state index is 0.0369. The van der Waals surface area contributed by atoms with E-state index in [0.717, 1.165) is 11.3 Å². The van der Waals surface area contributed by atoms with E-state index >= 15 is 0 Å². The van der Waals surface area contributed by atoms with E-state index in [2.05, 4.69) is 26.4 Å². The van der Waals surface area contributed by atoms with Gasteiger partial charge in [0, 0.05) is 24.1 Å². The number of hydrogen-bond acceptors (Lipinski definition) is 3. The molecule has 1 aromatic rings. The molecule has 0 fully saturated rings. The number of thioether (sulfide) groups is 1. The maximum Gasteiger partial charge on any atom is 0.224 e. The first kappa shape index (κ1) is 12.5. The van der Waals surface area contributed by atoms with Crippen molar-refractivity contribution in [1.29, 1.82) is 0 Å². The second kappa shape index (κ2) is 6.81. The van der Waals surface area contributed by atoms with Crippen molar-refractivity contribution in [3.8, 4) is 0 Å². The summed E-state index contributed by atoms with van der Waals surface area (Å²) >= 11 is 1.76. The van der Waals surface area contributed by atoms with Crippen molar-refractivity contribution < 1.29 is 4.79 Å². The molecule has 0 saturated carbocycles. The Labute approximate surface area is 96.7 Å². The van der Waals surface area contributed by atoms with Crippen LogP contribution in [0.2, 0.25) is 0 Å². The summed E-state index contributed by atoms with van der Waals surface area (Å²) in [6, 6.07) is 3.91. The van der Waals surface area contributed by atoms with Crippen LogP contribution in [0.5, 0.6) is 0 Å². The number of pyridine rings is 1. The van der Waals surface area contributed by atoms with Crippen LogP contribution in [-0.2, 0) is 4.79 Å². The normalized spacial score (nSPS) is 12.1. The van der Waals surface area contributed by atoms with Gasteiger partial charge in [-0.1, -0.05) is 13.0 Å². The summed E-state index contributed by atoms with van der Waals surface area (Å²) in [7, 11) is 2.23. The van der Waals surface area contributed by atoms with Gasteiger partial charge in [0.25, 0.3) is 0 Å². The second-order valence-electron chi connectivity index (χ2n) is 3.00. The number of carbonyl (C=O) groups excluding carboxylic acids is 1. The third-order valence-electron chi connectivity index (χ3n) is 1.96. The molecule has 15 heavy (non-hydrogen) atoms. The van der Waals surface area contributed by atoms with E-state index in [9.17, 15) is 4.79 Å². The maximum absolute atomic E-state index is 11.3. The largest absolute Gasteiger partial charge is 0.341 e. The lowest BCUT2D eigenvalue weighted by Gasteiger charge is -2.14. The Morgan fingerprint density at radius 1 is 1.73 bits per heavy atom. The molecule has 0 spiro atoms. The molecular formula is C10H15N2OPS. The van der Waals surface area contributed by atoms with Crippen LogP contribution in [0.25, 0.3) is 0 Å². The predicted molar refractivity (Wildman–Crippen MR) is 67.6 cm³/mol. The van der Waals surface area contributed by atoms with Crippen LogP contribution in [0.4, 0.5) is 0 Å². The molecule has 0 aliphatic carbocycles. The minimum Gasteiger partial charge on any atom is -0.341 e. The number of nitrogens with one attached hydrogen (secondary N) is 1. The third kappa shape index (κ3) is 4.18. The average molecular weight is 242 g/mol. The van der Waals surface area contributed by atoms with Crippen molar-refractivity contribution in [2.75, 3.05) is 5.75 Å². The summed E-state index contributed by atoms with van der Waals surface area (Å²) in [5.41, 5.74) is 1.11. The summed E-state index contributed by atoms with van der Waals surface area (Å²) in [5, 5.41) is 2.77. The molecule has 0 aromatic carbocycles. The summed E-state index contributed by atoms with van der Waals surface area (Å²) in [4.78, 5) is 15.4. The van der Waals surface area contributed by atoms with Crippen LogP contribution in [0, 0.1) is 0 Å². The highest BCUT2D eigenvalue weighted by Gasteiger charge is 2.14. The van der Waals surface area contributed by atoms with Gasteiger partial charge in [0.15, 0.2) is 0 Å². The van der Waals surface area contributed by atoms with E-state index in [0.29, 0.717) is 6.42 Å². The van der Waals surface area contributed by atoms with Crippen molar-refractivity contribution >= 4 is 27.1 Å². The average Bonchev–Trinajstić information content (AvgIpc) is 2.29. The zero-order valence-corrected chi connectivity index (χ0v) is 10.6. The van der Waals surface area contributed by atoms with Gasteiger partial charge in [0.1, 0.15) is 0 Å². The Kier molecular flexibility index (Phi) is 5.66. The summed E-state index contributed by atoms with van der Waals surface area (Å²) in [6.07, 6.45) is 4.06. The van der Waals surface area contributed by atoms with Gasteiger partial charge in [-0.3, -0.25) is 9.78 Å². The van der Waals surface area contributed by atoms with Crippen molar-refractivity contribution in [3.05, 3.63) is 30.1 Å². The number of carbonyl (C=O) groups is 1.